The number of hydrogen-bond donors (Lipinski definition) is 2. The fourth-order valence-corrected chi connectivity index (χ4v) is 4.04. The maximum Gasteiger partial charge on any atom is 0.302 e. The van der Waals surface area contributed by atoms with E-state index in [2.05, 4.69) is 25.6 Å². The highest BCUT2D eigenvalue weighted by molar-refractivity contribution is 9.10. The van der Waals surface area contributed by atoms with Crippen LogP contribution >= 0.6 is 15.9 Å². The third-order valence-electron chi connectivity index (χ3n) is 3.35. The molecule has 1 aliphatic heterocycles. The molecule has 0 bridgehead atoms. The fourth-order valence-electron chi connectivity index (χ4n) is 2.23. The third-order valence-corrected chi connectivity index (χ3v) is 5.25. The molecule has 20 heavy (non-hydrogen) atoms. The van der Waals surface area contributed by atoms with Crippen molar-refractivity contribution in [2.75, 3.05) is 24.4 Å². The Labute approximate surface area is 127 Å². The molecule has 0 amide bonds. The van der Waals surface area contributed by atoms with Gasteiger partial charge in [0.05, 0.1) is 0 Å². The molecule has 112 valence electrons. The summed E-state index contributed by atoms with van der Waals surface area (Å²) in [7, 11) is -3.62. The summed E-state index contributed by atoms with van der Waals surface area (Å²) in [6.07, 6.45) is 3.18. The first kappa shape index (κ1) is 15.7. The SMILES string of the molecule is Cc1cc(Br)cnc1NS(=O)(=O)N1CCCC(CO)C1. The summed E-state index contributed by atoms with van der Waals surface area (Å²) in [5.74, 6) is 0.346. The monoisotopic (exact) mass is 363 g/mol. The van der Waals surface area contributed by atoms with Crippen molar-refractivity contribution in [1.82, 2.24) is 9.29 Å². The summed E-state index contributed by atoms with van der Waals surface area (Å²) in [6, 6.07) is 1.80. The Kier molecular flexibility index (Phi) is 5.00. The zero-order valence-corrected chi connectivity index (χ0v) is 13.6. The second kappa shape index (κ2) is 6.38. The topological polar surface area (TPSA) is 82.5 Å². The van der Waals surface area contributed by atoms with Gasteiger partial charge in [-0.15, -0.1) is 0 Å². The number of aliphatic hydroxyl groups excluding tert-OH is 1. The van der Waals surface area contributed by atoms with E-state index in [4.69, 9.17) is 0 Å². The number of nitrogens with zero attached hydrogens (tertiary/aromatic N) is 2. The zero-order valence-electron chi connectivity index (χ0n) is 11.2. The Balaban J connectivity index is 2.14. The first-order valence-electron chi connectivity index (χ1n) is 6.43. The van der Waals surface area contributed by atoms with E-state index in [1.54, 1.807) is 19.2 Å². The van der Waals surface area contributed by atoms with Gasteiger partial charge in [0.25, 0.3) is 0 Å². The van der Waals surface area contributed by atoms with Crippen molar-refractivity contribution in [2.45, 2.75) is 19.8 Å². The molecule has 0 aromatic carbocycles. The summed E-state index contributed by atoms with van der Waals surface area (Å²) in [4.78, 5) is 4.08. The number of nitrogens with one attached hydrogen (secondary N) is 1. The van der Waals surface area contributed by atoms with E-state index in [9.17, 15) is 13.5 Å². The Morgan fingerprint density at radius 2 is 2.35 bits per heavy atom. The molecule has 2 N–H and O–H groups in total. The lowest BCUT2D eigenvalue weighted by Gasteiger charge is -2.31. The second-order valence-corrected chi connectivity index (χ2v) is 7.56. The molecule has 8 heteroatoms. The predicted molar refractivity (Wildman–Crippen MR) is 80.6 cm³/mol. The van der Waals surface area contributed by atoms with Gasteiger partial charge in [-0.05, 0) is 53.2 Å². The lowest BCUT2D eigenvalue weighted by molar-refractivity contribution is 0.166. The van der Waals surface area contributed by atoms with Gasteiger partial charge in [-0.2, -0.15) is 12.7 Å². The molecule has 0 aliphatic carbocycles. The van der Waals surface area contributed by atoms with E-state index < -0.39 is 10.2 Å². The molecule has 1 fully saturated rings. The molecular formula is C12H18BrN3O3S. The molecule has 0 radical (unpaired) electrons. The summed E-state index contributed by atoms with van der Waals surface area (Å²) in [5.41, 5.74) is 0.749. The number of halogens is 1. The van der Waals surface area contributed by atoms with Gasteiger partial charge in [-0.25, -0.2) is 4.98 Å². The van der Waals surface area contributed by atoms with Crippen molar-refractivity contribution in [1.29, 1.82) is 0 Å². The van der Waals surface area contributed by atoms with Crippen molar-refractivity contribution in [3.63, 3.8) is 0 Å². The minimum atomic E-state index is -3.62. The van der Waals surface area contributed by atoms with Gasteiger partial charge >= 0.3 is 10.2 Å². The van der Waals surface area contributed by atoms with E-state index >= 15 is 0 Å². The molecule has 1 aliphatic rings. The van der Waals surface area contributed by atoms with Gasteiger partial charge in [0.2, 0.25) is 0 Å². The average molecular weight is 364 g/mol. The van der Waals surface area contributed by atoms with Gasteiger partial charge in [0.15, 0.2) is 0 Å². The number of piperidine rings is 1. The predicted octanol–water partition coefficient (Wildman–Crippen LogP) is 1.51. The minimum absolute atomic E-state index is 0.0132. The highest BCUT2D eigenvalue weighted by Gasteiger charge is 2.29. The Hall–Kier alpha value is -0.700. The van der Waals surface area contributed by atoms with Crippen LogP contribution in [0.4, 0.5) is 5.82 Å². The van der Waals surface area contributed by atoms with Crippen LogP contribution in [0.2, 0.25) is 0 Å². The second-order valence-electron chi connectivity index (χ2n) is 4.97. The average Bonchev–Trinajstić information content (AvgIpc) is 2.42. The lowest BCUT2D eigenvalue weighted by atomic mass is 10.0. The van der Waals surface area contributed by atoms with Crippen molar-refractivity contribution in [3.8, 4) is 0 Å². The van der Waals surface area contributed by atoms with Crippen LogP contribution in [0.25, 0.3) is 0 Å². The van der Waals surface area contributed by atoms with Gasteiger partial charge in [-0.1, -0.05) is 0 Å². The van der Waals surface area contributed by atoms with Gasteiger partial charge in [-0.3, -0.25) is 4.72 Å². The van der Waals surface area contributed by atoms with Crippen molar-refractivity contribution < 1.29 is 13.5 Å². The molecule has 1 aromatic heterocycles. The van der Waals surface area contributed by atoms with Crippen LogP contribution in [0.1, 0.15) is 18.4 Å². The van der Waals surface area contributed by atoms with E-state index in [0.29, 0.717) is 18.9 Å². The van der Waals surface area contributed by atoms with Gasteiger partial charge in [0, 0.05) is 30.4 Å². The summed E-state index contributed by atoms with van der Waals surface area (Å²) in [5, 5.41) is 9.18. The number of pyridine rings is 1. The normalized spacial score (nSPS) is 20.9. The number of aromatic nitrogens is 1. The van der Waals surface area contributed by atoms with E-state index in [-0.39, 0.29) is 12.5 Å². The highest BCUT2D eigenvalue weighted by Crippen LogP contribution is 2.22. The first-order valence-corrected chi connectivity index (χ1v) is 8.66. The smallest absolute Gasteiger partial charge is 0.302 e. The highest BCUT2D eigenvalue weighted by atomic mass is 79.9. The van der Waals surface area contributed by atoms with Gasteiger partial charge in [0.1, 0.15) is 5.82 Å². The number of hydrogen-bond acceptors (Lipinski definition) is 4. The quantitative estimate of drug-likeness (QED) is 0.849. The molecule has 1 unspecified atom stereocenters. The Bertz CT molecular complexity index is 579. The van der Waals surface area contributed by atoms with Crippen molar-refractivity contribution >= 4 is 32.0 Å². The van der Waals surface area contributed by atoms with Crippen LogP contribution in [0, 0.1) is 12.8 Å². The van der Waals surface area contributed by atoms with E-state index in [0.717, 1.165) is 22.9 Å². The summed E-state index contributed by atoms with van der Waals surface area (Å²) < 4.78 is 29.4. The van der Waals surface area contributed by atoms with Crippen LogP contribution in [0.15, 0.2) is 16.7 Å². The number of rotatable bonds is 4. The summed E-state index contributed by atoms with van der Waals surface area (Å²) in [6.45, 7) is 2.63. The van der Waals surface area contributed by atoms with Crippen molar-refractivity contribution in [2.24, 2.45) is 5.92 Å². The van der Waals surface area contributed by atoms with E-state index in [1.807, 2.05) is 0 Å². The van der Waals surface area contributed by atoms with E-state index in [1.165, 1.54) is 4.31 Å². The first-order chi connectivity index (χ1) is 9.42. The molecule has 6 nitrogen and oxygen atoms in total. The van der Waals surface area contributed by atoms with Crippen LogP contribution in [-0.2, 0) is 10.2 Å². The number of aliphatic hydroxyl groups is 1. The molecule has 1 aromatic rings. The maximum absolute atomic E-state index is 12.3. The molecule has 0 saturated carbocycles. The Morgan fingerprint density at radius 1 is 1.60 bits per heavy atom. The molecule has 1 atom stereocenters. The largest absolute Gasteiger partial charge is 0.396 e. The molecule has 0 spiro atoms. The summed E-state index contributed by atoms with van der Waals surface area (Å²) >= 11 is 3.29. The minimum Gasteiger partial charge on any atom is -0.396 e. The van der Waals surface area contributed by atoms with Crippen LogP contribution in [-0.4, -0.2) is 42.5 Å². The van der Waals surface area contributed by atoms with Crippen LogP contribution in [0.3, 0.4) is 0 Å². The lowest BCUT2D eigenvalue weighted by Crippen LogP contribution is -2.43. The molecule has 2 heterocycles. The van der Waals surface area contributed by atoms with Crippen molar-refractivity contribution in [3.05, 3.63) is 22.3 Å². The number of aryl methyl sites for hydroxylation is 1. The molecular weight excluding hydrogens is 346 g/mol. The maximum atomic E-state index is 12.3. The standard InChI is InChI=1S/C12H18BrN3O3S/c1-9-5-11(13)6-14-12(9)15-20(18,19)16-4-2-3-10(7-16)8-17/h5-6,10,17H,2-4,7-8H2,1H3,(H,14,15). The number of anilines is 1. The molecule has 2 rings (SSSR count). The fraction of sp³-hybridized carbons (Fsp3) is 0.583. The van der Waals surface area contributed by atoms with Gasteiger partial charge < -0.3 is 5.11 Å². The Morgan fingerprint density at radius 3 is 3.00 bits per heavy atom. The van der Waals surface area contributed by atoms with Crippen LogP contribution in [0.5, 0.6) is 0 Å². The third kappa shape index (κ3) is 3.69. The zero-order chi connectivity index (χ0) is 14.8. The van der Waals surface area contributed by atoms with Crippen LogP contribution < -0.4 is 4.72 Å². The molecule has 1 saturated heterocycles.